The van der Waals surface area contributed by atoms with Crippen molar-refractivity contribution in [1.82, 2.24) is 41.0 Å². The first-order valence-electron chi connectivity index (χ1n) is 24.6. The Kier molecular flexibility index (Phi) is 15.6. The Morgan fingerprint density at radius 3 is 1.32 bits per heavy atom. The van der Waals surface area contributed by atoms with Gasteiger partial charge in [-0.05, 0) is 134 Å². The van der Waals surface area contributed by atoms with Crippen molar-refractivity contribution in [2.75, 3.05) is 50.2 Å². The lowest BCUT2D eigenvalue weighted by atomic mass is 9.88. The van der Waals surface area contributed by atoms with Crippen molar-refractivity contribution in [2.24, 2.45) is 0 Å². The number of rotatable bonds is 12. The number of fused-ring (bicyclic) bond motifs is 2. The number of aromatic nitrogens is 6. The fourth-order valence-electron chi connectivity index (χ4n) is 9.89. The molecule has 2 aliphatic carbocycles. The maximum absolute atomic E-state index is 13.5. The van der Waals surface area contributed by atoms with E-state index >= 15 is 0 Å². The molecule has 2 aromatic carbocycles. The van der Waals surface area contributed by atoms with Gasteiger partial charge in [-0.15, -0.1) is 20.4 Å². The molecule has 0 spiro atoms. The van der Waals surface area contributed by atoms with E-state index in [1.807, 2.05) is 38.1 Å². The van der Waals surface area contributed by atoms with E-state index in [-0.39, 0.29) is 47.7 Å². The number of amides is 2. The Balaban J connectivity index is 0.000000178. The summed E-state index contributed by atoms with van der Waals surface area (Å²) in [6, 6.07) is 20.6. The lowest BCUT2D eigenvalue weighted by Crippen LogP contribution is -2.40. The molecule has 4 aliphatic rings. The minimum absolute atomic E-state index is 0.00262. The molecule has 16 nitrogen and oxygen atoms in total. The molecule has 0 bridgehead atoms. The molecule has 0 saturated carbocycles. The number of pyridine rings is 2. The number of halogens is 2. The van der Waals surface area contributed by atoms with Gasteiger partial charge in [-0.3, -0.25) is 9.59 Å². The first kappa shape index (κ1) is 49.5. The SMILES string of the molecule is COc1ccc(OC2CCN(c3nnc(C(=O)NC4CCc5cc(F)ccc5C4)cc3C)CC2)cn1.COc1ccc(OC2CCN(c3nnc(C(=O)NC4CCc5cc(F)ccc5C4)cc3C)CC2)cn1. The molecule has 2 amide bonds. The Hall–Kier alpha value is -7.50. The highest BCUT2D eigenvalue weighted by atomic mass is 19.1. The summed E-state index contributed by atoms with van der Waals surface area (Å²) >= 11 is 0. The van der Waals surface area contributed by atoms with Crippen molar-refractivity contribution in [3.8, 4) is 23.3 Å². The highest BCUT2D eigenvalue weighted by molar-refractivity contribution is 5.93. The predicted molar refractivity (Wildman–Crippen MR) is 266 cm³/mol. The minimum atomic E-state index is -0.229. The lowest BCUT2D eigenvalue weighted by molar-refractivity contribution is 0.0919. The van der Waals surface area contributed by atoms with Crippen LogP contribution in [0.1, 0.15) is 92.9 Å². The van der Waals surface area contributed by atoms with Crippen LogP contribution < -0.4 is 39.4 Å². The summed E-state index contributed by atoms with van der Waals surface area (Å²) in [4.78, 5) is 38.5. The van der Waals surface area contributed by atoms with Gasteiger partial charge in [-0.1, -0.05) is 12.1 Å². The smallest absolute Gasteiger partial charge is 0.272 e. The third-order valence-electron chi connectivity index (χ3n) is 13.8. The molecule has 18 heteroatoms. The Morgan fingerprint density at radius 1 is 0.542 bits per heavy atom. The van der Waals surface area contributed by atoms with E-state index < -0.39 is 0 Å². The second-order valence-corrected chi connectivity index (χ2v) is 18.8. The fraction of sp³-hybridized carbons (Fsp3) is 0.407. The van der Waals surface area contributed by atoms with Crippen LogP contribution in [0.2, 0.25) is 0 Å². The van der Waals surface area contributed by atoms with Crippen LogP contribution in [0.25, 0.3) is 0 Å². The Morgan fingerprint density at radius 2 is 0.958 bits per heavy atom. The third kappa shape index (κ3) is 12.3. The summed E-state index contributed by atoms with van der Waals surface area (Å²) in [5.74, 6) is 3.29. The summed E-state index contributed by atoms with van der Waals surface area (Å²) in [6.45, 7) is 7.07. The average molecular weight is 983 g/mol. The summed E-state index contributed by atoms with van der Waals surface area (Å²) in [7, 11) is 3.17. The first-order chi connectivity index (χ1) is 35.0. The number of nitrogens with zero attached hydrogens (tertiary/aromatic N) is 8. The van der Waals surface area contributed by atoms with Crippen LogP contribution in [0.5, 0.6) is 23.3 Å². The van der Waals surface area contributed by atoms with E-state index in [9.17, 15) is 18.4 Å². The molecule has 2 saturated heterocycles. The molecule has 72 heavy (non-hydrogen) atoms. The normalized spacial score (nSPS) is 17.9. The molecule has 2 fully saturated rings. The molecule has 6 aromatic rings. The molecule has 376 valence electrons. The standard InChI is InChI=1S/2C27H30FN5O3/c2*1-17-13-24(27(34)30-21-6-4-18-14-20(28)5-3-19(18)15-21)31-32-26(17)33-11-9-22(10-12-33)36-23-7-8-25(35-2)29-16-23/h2*3,5,7-8,13-14,16,21-22H,4,6,9-12,15H2,1-2H3,(H,30,34). The number of carbonyl (C=O) groups is 2. The van der Waals surface area contributed by atoms with E-state index in [0.29, 0.717) is 36.0 Å². The van der Waals surface area contributed by atoms with Gasteiger partial charge < -0.3 is 39.4 Å². The molecule has 2 aliphatic heterocycles. The van der Waals surface area contributed by atoms with Crippen LogP contribution in [-0.4, -0.2) is 107 Å². The maximum Gasteiger partial charge on any atom is 0.272 e. The zero-order valence-corrected chi connectivity index (χ0v) is 41.1. The van der Waals surface area contributed by atoms with Crippen molar-refractivity contribution in [1.29, 1.82) is 0 Å². The number of carbonyl (C=O) groups excluding carboxylic acids is 2. The number of benzene rings is 2. The van der Waals surface area contributed by atoms with Crippen LogP contribution in [-0.2, 0) is 25.7 Å². The van der Waals surface area contributed by atoms with Crippen molar-refractivity contribution in [3.05, 3.63) is 142 Å². The molecule has 6 heterocycles. The quantitative estimate of drug-likeness (QED) is 0.125. The zero-order valence-electron chi connectivity index (χ0n) is 41.1. The monoisotopic (exact) mass is 982 g/mol. The maximum atomic E-state index is 13.5. The number of aryl methyl sites for hydroxylation is 4. The van der Waals surface area contributed by atoms with Gasteiger partial charge in [0.15, 0.2) is 23.0 Å². The lowest BCUT2D eigenvalue weighted by Gasteiger charge is -2.33. The zero-order chi connectivity index (χ0) is 50.1. The minimum Gasteiger partial charge on any atom is -0.489 e. The van der Waals surface area contributed by atoms with Gasteiger partial charge in [0, 0.05) is 76.1 Å². The van der Waals surface area contributed by atoms with Crippen molar-refractivity contribution in [3.63, 3.8) is 0 Å². The van der Waals surface area contributed by atoms with E-state index in [0.717, 1.165) is 134 Å². The van der Waals surface area contributed by atoms with Crippen LogP contribution in [0.15, 0.2) is 85.2 Å². The summed E-state index contributed by atoms with van der Waals surface area (Å²) < 4.78 is 49.2. The first-order valence-corrected chi connectivity index (χ1v) is 24.6. The third-order valence-corrected chi connectivity index (χ3v) is 13.8. The number of methoxy groups -OCH3 is 2. The van der Waals surface area contributed by atoms with Crippen molar-refractivity contribution in [2.45, 2.75) is 102 Å². The van der Waals surface area contributed by atoms with Crippen LogP contribution in [0, 0.1) is 25.5 Å². The Bertz CT molecular complexity index is 2650. The fourth-order valence-corrected chi connectivity index (χ4v) is 9.89. The van der Waals surface area contributed by atoms with Crippen molar-refractivity contribution >= 4 is 23.5 Å². The van der Waals surface area contributed by atoms with Gasteiger partial charge in [-0.25, -0.2) is 18.7 Å². The molecule has 0 radical (unpaired) electrons. The molecular weight excluding hydrogens is 923 g/mol. The molecule has 4 aromatic heterocycles. The predicted octanol–water partition coefficient (Wildman–Crippen LogP) is 7.33. The molecular formula is C54H60F2N10O6. The number of hydrogen-bond donors (Lipinski definition) is 2. The molecule has 10 rings (SSSR count). The molecule has 2 N–H and O–H groups in total. The van der Waals surface area contributed by atoms with Crippen LogP contribution >= 0.6 is 0 Å². The van der Waals surface area contributed by atoms with Gasteiger partial charge >= 0.3 is 0 Å². The molecule has 2 atom stereocenters. The Labute approximate surface area is 417 Å². The topological polar surface area (TPSA) is 179 Å². The van der Waals surface area contributed by atoms with E-state index in [1.165, 1.54) is 12.1 Å². The largest absolute Gasteiger partial charge is 0.489 e. The summed E-state index contributed by atoms with van der Waals surface area (Å²) in [5, 5.41) is 23.4. The average Bonchev–Trinajstić information content (AvgIpc) is 3.40. The van der Waals surface area contributed by atoms with E-state index in [1.54, 1.807) is 63.0 Å². The van der Waals surface area contributed by atoms with Gasteiger partial charge in [0.25, 0.3) is 11.8 Å². The van der Waals surface area contributed by atoms with E-state index in [4.69, 9.17) is 18.9 Å². The highest BCUT2D eigenvalue weighted by Gasteiger charge is 2.28. The number of nitrogens with one attached hydrogen (secondary N) is 2. The number of ether oxygens (including phenoxy) is 4. The second-order valence-electron chi connectivity index (χ2n) is 18.8. The second kappa shape index (κ2) is 22.7. The number of hydrogen-bond acceptors (Lipinski definition) is 14. The van der Waals surface area contributed by atoms with Crippen molar-refractivity contribution < 1.29 is 37.3 Å². The van der Waals surface area contributed by atoms with Gasteiger partial charge in [-0.2, -0.15) is 0 Å². The molecule has 2 unspecified atom stereocenters. The van der Waals surface area contributed by atoms with Gasteiger partial charge in [0.05, 0.1) is 26.6 Å². The van der Waals surface area contributed by atoms with Gasteiger partial charge in [0.1, 0.15) is 35.3 Å². The number of anilines is 2. The van der Waals surface area contributed by atoms with Gasteiger partial charge in [0.2, 0.25) is 11.8 Å². The number of piperidine rings is 2. The van der Waals surface area contributed by atoms with Crippen LogP contribution in [0.3, 0.4) is 0 Å². The summed E-state index contributed by atoms with van der Waals surface area (Å²) in [6.07, 6.45) is 11.4. The highest BCUT2D eigenvalue weighted by Crippen LogP contribution is 2.28. The van der Waals surface area contributed by atoms with E-state index in [2.05, 4.69) is 50.8 Å². The summed E-state index contributed by atoms with van der Waals surface area (Å²) in [5.41, 5.74) is 6.67. The van der Waals surface area contributed by atoms with Crippen LogP contribution in [0.4, 0.5) is 20.4 Å².